The molecule has 1 aliphatic rings. The van der Waals surface area contributed by atoms with Crippen molar-refractivity contribution in [2.24, 2.45) is 11.5 Å². The highest BCUT2D eigenvalue weighted by molar-refractivity contribution is 5.97. The summed E-state index contributed by atoms with van der Waals surface area (Å²) in [5.74, 6) is 0.939. The van der Waals surface area contributed by atoms with Crippen molar-refractivity contribution in [2.75, 3.05) is 38.6 Å². The van der Waals surface area contributed by atoms with Crippen molar-refractivity contribution in [3.8, 4) is 34.0 Å². The van der Waals surface area contributed by atoms with Crippen LogP contribution < -0.4 is 16.4 Å². The standard InChI is InChI=1S/C29H29FN12/c1-41(2)14-21(32)16-3-15(4-17(30)5-16)20-7-33-9-25-27(20)38-29(37-25)28-19-6-22(35-10-23(19)39-40-28)24-8-34-11-26(36-24)42-12-18(31)13-42/h3-11,18,21H,12-14,31-32H2,1-2H3,(H,37,38)(H,39,40). The first-order valence-electron chi connectivity index (χ1n) is 13.5. The van der Waals surface area contributed by atoms with Gasteiger partial charge in [0.25, 0.3) is 0 Å². The largest absolute Gasteiger partial charge is 0.352 e. The number of pyridine rings is 2. The minimum absolute atomic E-state index is 0.154. The lowest BCUT2D eigenvalue weighted by molar-refractivity contribution is 0.376. The first kappa shape index (κ1) is 26.1. The Labute approximate surface area is 240 Å². The molecule has 1 fully saturated rings. The van der Waals surface area contributed by atoms with Crippen LogP contribution in [-0.2, 0) is 0 Å². The highest BCUT2D eigenvalue weighted by Gasteiger charge is 2.25. The smallest absolute Gasteiger partial charge is 0.159 e. The zero-order valence-electron chi connectivity index (χ0n) is 23.1. The summed E-state index contributed by atoms with van der Waals surface area (Å²) in [4.78, 5) is 30.4. The summed E-state index contributed by atoms with van der Waals surface area (Å²) in [5.41, 5.74) is 18.3. The third-order valence-electron chi connectivity index (χ3n) is 7.40. The normalized spacial score (nSPS) is 14.7. The molecule has 212 valence electrons. The number of hydrogen-bond acceptors (Lipinski definition) is 10. The maximum atomic E-state index is 14.7. The van der Waals surface area contributed by atoms with Crippen molar-refractivity contribution in [3.63, 3.8) is 0 Å². The molecule has 12 nitrogen and oxygen atoms in total. The molecule has 0 aliphatic carbocycles. The maximum absolute atomic E-state index is 14.7. The molecular formula is C29H29FN12. The van der Waals surface area contributed by atoms with Crippen LogP contribution in [0.1, 0.15) is 11.6 Å². The lowest BCUT2D eigenvalue weighted by Crippen LogP contribution is -2.56. The number of nitrogens with zero attached hydrogens (tertiary/aromatic N) is 8. The summed E-state index contributed by atoms with van der Waals surface area (Å²) in [6.07, 6.45) is 8.51. The highest BCUT2D eigenvalue weighted by atomic mass is 19.1. The van der Waals surface area contributed by atoms with E-state index in [0.29, 0.717) is 57.2 Å². The number of benzene rings is 1. The van der Waals surface area contributed by atoms with Gasteiger partial charge in [-0.3, -0.25) is 20.1 Å². The van der Waals surface area contributed by atoms with E-state index in [9.17, 15) is 4.39 Å². The molecule has 6 aromatic rings. The number of hydrogen-bond donors (Lipinski definition) is 4. The third-order valence-corrected chi connectivity index (χ3v) is 7.40. The third kappa shape index (κ3) is 4.72. The van der Waals surface area contributed by atoms with Crippen LogP contribution in [0.5, 0.6) is 0 Å². The topological polar surface area (TPSA) is 167 Å². The summed E-state index contributed by atoms with van der Waals surface area (Å²) >= 11 is 0. The molecule has 1 atom stereocenters. The van der Waals surface area contributed by atoms with Crippen LogP contribution in [0.2, 0.25) is 0 Å². The number of halogens is 1. The lowest BCUT2D eigenvalue weighted by Gasteiger charge is -2.37. The number of H-pyrrole nitrogens is 2. The van der Waals surface area contributed by atoms with E-state index >= 15 is 0 Å². The number of imidazole rings is 1. The van der Waals surface area contributed by atoms with Gasteiger partial charge in [0.2, 0.25) is 0 Å². The van der Waals surface area contributed by atoms with Gasteiger partial charge in [-0.25, -0.2) is 14.4 Å². The van der Waals surface area contributed by atoms with Crippen LogP contribution in [0.15, 0.2) is 55.2 Å². The molecule has 0 saturated carbocycles. The Morgan fingerprint density at radius 3 is 2.64 bits per heavy atom. The molecule has 0 bridgehead atoms. The second-order valence-electron chi connectivity index (χ2n) is 10.9. The SMILES string of the molecule is CN(C)CC(N)c1cc(F)cc(-c2cncc3[nH]c(-c4n[nH]c5cnc(-c6cncc(N7CC(N)C7)n6)cc45)nc23)c1. The van der Waals surface area contributed by atoms with E-state index in [2.05, 4.69) is 35.0 Å². The number of rotatable bonds is 7. The van der Waals surface area contributed by atoms with E-state index in [1.165, 1.54) is 12.1 Å². The summed E-state index contributed by atoms with van der Waals surface area (Å²) in [6.45, 7) is 2.08. The molecule has 13 heteroatoms. The fourth-order valence-electron chi connectivity index (χ4n) is 5.31. The van der Waals surface area contributed by atoms with Crippen LogP contribution >= 0.6 is 0 Å². The van der Waals surface area contributed by atoms with Crippen LogP contribution in [0, 0.1) is 5.82 Å². The average Bonchev–Trinajstić information content (AvgIpc) is 3.58. The Bertz CT molecular complexity index is 1920. The van der Waals surface area contributed by atoms with Crippen molar-refractivity contribution >= 4 is 27.8 Å². The minimum Gasteiger partial charge on any atom is -0.352 e. The Morgan fingerprint density at radius 1 is 1.00 bits per heavy atom. The van der Waals surface area contributed by atoms with Gasteiger partial charge in [-0.15, -0.1) is 0 Å². The molecular weight excluding hydrogens is 535 g/mol. The molecule has 0 spiro atoms. The fraction of sp³-hybridized carbons (Fsp3) is 0.241. The number of nitrogens with two attached hydrogens (primary N) is 2. The molecule has 6 heterocycles. The Morgan fingerprint density at radius 2 is 1.83 bits per heavy atom. The zero-order chi connectivity index (χ0) is 29.0. The molecule has 1 aromatic carbocycles. The van der Waals surface area contributed by atoms with Gasteiger partial charge >= 0.3 is 0 Å². The zero-order valence-corrected chi connectivity index (χ0v) is 23.1. The van der Waals surface area contributed by atoms with Gasteiger partial charge in [0.15, 0.2) is 5.82 Å². The summed E-state index contributed by atoms with van der Waals surface area (Å²) in [7, 11) is 3.86. The van der Waals surface area contributed by atoms with Crippen molar-refractivity contribution in [3.05, 3.63) is 66.6 Å². The molecule has 42 heavy (non-hydrogen) atoms. The van der Waals surface area contributed by atoms with Crippen molar-refractivity contribution in [1.82, 2.24) is 45.0 Å². The Balaban J connectivity index is 1.27. The predicted octanol–water partition coefficient (Wildman–Crippen LogP) is 2.87. The van der Waals surface area contributed by atoms with E-state index in [0.717, 1.165) is 29.8 Å². The number of anilines is 1. The Kier molecular flexibility index (Phi) is 6.34. The monoisotopic (exact) mass is 564 g/mol. The minimum atomic E-state index is -0.369. The van der Waals surface area contributed by atoms with Crippen LogP contribution in [-0.4, -0.2) is 84.8 Å². The van der Waals surface area contributed by atoms with Gasteiger partial charge < -0.3 is 26.3 Å². The van der Waals surface area contributed by atoms with E-state index < -0.39 is 0 Å². The molecule has 1 saturated heterocycles. The molecule has 0 amide bonds. The van der Waals surface area contributed by atoms with E-state index in [1.54, 1.807) is 31.0 Å². The Hall–Kier alpha value is -4.85. The van der Waals surface area contributed by atoms with E-state index in [1.807, 2.05) is 31.1 Å². The lowest BCUT2D eigenvalue weighted by atomic mass is 9.99. The number of aromatic nitrogens is 8. The molecule has 1 aliphatic heterocycles. The molecule has 7 rings (SSSR count). The number of likely N-dealkylation sites (N-methyl/N-ethyl adjacent to an activating group) is 1. The van der Waals surface area contributed by atoms with Crippen molar-refractivity contribution in [1.29, 1.82) is 0 Å². The fourth-order valence-corrected chi connectivity index (χ4v) is 5.31. The highest BCUT2D eigenvalue weighted by Crippen LogP contribution is 2.33. The van der Waals surface area contributed by atoms with Crippen LogP contribution in [0.4, 0.5) is 10.2 Å². The van der Waals surface area contributed by atoms with Gasteiger partial charge in [0, 0.05) is 48.9 Å². The average molecular weight is 565 g/mol. The van der Waals surface area contributed by atoms with Crippen LogP contribution in [0.25, 0.3) is 56.0 Å². The van der Waals surface area contributed by atoms with Gasteiger partial charge in [0.1, 0.15) is 23.0 Å². The van der Waals surface area contributed by atoms with Crippen LogP contribution in [0.3, 0.4) is 0 Å². The van der Waals surface area contributed by atoms with Crippen molar-refractivity contribution < 1.29 is 4.39 Å². The molecule has 0 radical (unpaired) electrons. The molecule has 5 aromatic heterocycles. The quantitative estimate of drug-likeness (QED) is 0.226. The van der Waals surface area contributed by atoms with E-state index in [-0.39, 0.29) is 17.9 Å². The van der Waals surface area contributed by atoms with Crippen molar-refractivity contribution in [2.45, 2.75) is 12.1 Å². The first-order chi connectivity index (χ1) is 20.3. The van der Waals surface area contributed by atoms with E-state index in [4.69, 9.17) is 21.4 Å². The summed E-state index contributed by atoms with van der Waals surface area (Å²) in [5, 5.41) is 8.39. The summed E-state index contributed by atoms with van der Waals surface area (Å²) < 4.78 is 14.7. The number of aromatic amines is 2. The summed E-state index contributed by atoms with van der Waals surface area (Å²) in [6, 6.07) is 6.57. The first-order valence-corrected chi connectivity index (χ1v) is 13.5. The second kappa shape index (κ2) is 10.2. The van der Waals surface area contributed by atoms with Gasteiger partial charge in [-0.2, -0.15) is 5.10 Å². The number of nitrogens with one attached hydrogen (secondary N) is 2. The molecule has 1 unspecified atom stereocenters. The van der Waals surface area contributed by atoms with Gasteiger partial charge in [-0.1, -0.05) is 0 Å². The van der Waals surface area contributed by atoms with Gasteiger partial charge in [0.05, 0.1) is 47.0 Å². The van der Waals surface area contributed by atoms with Gasteiger partial charge in [-0.05, 0) is 49.5 Å². The predicted molar refractivity (Wildman–Crippen MR) is 159 cm³/mol. The number of fused-ring (bicyclic) bond motifs is 2. The molecule has 6 N–H and O–H groups in total. The second-order valence-corrected chi connectivity index (χ2v) is 10.9. The maximum Gasteiger partial charge on any atom is 0.159 e.